The van der Waals surface area contributed by atoms with E-state index in [0.29, 0.717) is 0 Å². The lowest BCUT2D eigenvalue weighted by Gasteiger charge is -2.22. The van der Waals surface area contributed by atoms with Gasteiger partial charge in [-0.3, -0.25) is 4.98 Å². The number of hydrogen-bond acceptors (Lipinski definition) is 3. The number of ether oxygens (including phenoxy) is 1. The Labute approximate surface area is 121 Å². The van der Waals surface area contributed by atoms with Gasteiger partial charge in [-0.25, -0.2) is 0 Å². The predicted octanol–water partition coefficient (Wildman–Crippen LogP) is 3.32. The van der Waals surface area contributed by atoms with E-state index >= 15 is 0 Å². The Morgan fingerprint density at radius 3 is 2.40 bits per heavy atom. The zero-order valence-electron chi connectivity index (χ0n) is 12.8. The molecule has 0 saturated carbocycles. The van der Waals surface area contributed by atoms with Crippen molar-refractivity contribution in [1.82, 2.24) is 10.3 Å². The van der Waals surface area contributed by atoms with E-state index in [1.165, 1.54) is 11.1 Å². The monoisotopic (exact) mass is 270 g/mol. The van der Waals surface area contributed by atoms with Crippen LogP contribution in [0.3, 0.4) is 0 Å². The second-order valence-corrected chi connectivity index (χ2v) is 5.09. The minimum atomic E-state index is 0.0814. The number of aromatic nitrogens is 1. The van der Waals surface area contributed by atoms with Crippen molar-refractivity contribution in [2.75, 3.05) is 14.2 Å². The summed E-state index contributed by atoms with van der Waals surface area (Å²) >= 11 is 0. The van der Waals surface area contributed by atoms with Crippen LogP contribution < -0.4 is 10.1 Å². The normalized spacial score (nSPS) is 12.2. The summed E-state index contributed by atoms with van der Waals surface area (Å²) < 4.78 is 5.51. The number of benzene rings is 1. The van der Waals surface area contributed by atoms with Gasteiger partial charge in [-0.2, -0.15) is 0 Å². The minimum absolute atomic E-state index is 0.0814. The van der Waals surface area contributed by atoms with Gasteiger partial charge in [0, 0.05) is 17.0 Å². The molecule has 0 bridgehead atoms. The molecule has 3 heteroatoms. The fourth-order valence-electron chi connectivity index (χ4n) is 2.56. The molecule has 0 aliphatic heterocycles. The van der Waals surface area contributed by atoms with Gasteiger partial charge in [-0.15, -0.1) is 0 Å². The molecule has 1 heterocycles. The molecule has 0 saturated heterocycles. The fourth-order valence-corrected chi connectivity index (χ4v) is 2.56. The van der Waals surface area contributed by atoms with E-state index in [2.05, 4.69) is 48.4 Å². The average molecular weight is 270 g/mol. The predicted molar refractivity (Wildman–Crippen MR) is 82.3 cm³/mol. The third kappa shape index (κ3) is 2.83. The summed E-state index contributed by atoms with van der Waals surface area (Å²) in [5.74, 6) is 0.898. The van der Waals surface area contributed by atoms with E-state index in [-0.39, 0.29) is 6.04 Å². The minimum Gasteiger partial charge on any atom is -0.496 e. The smallest absolute Gasteiger partial charge is 0.124 e. The van der Waals surface area contributed by atoms with Crippen molar-refractivity contribution in [1.29, 1.82) is 0 Å². The molecule has 3 nitrogen and oxygen atoms in total. The topological polar surface area (TPSA) is 34.1 Å². The lowest BCUT2D eigenvalue weighted by molar-refractivity contribution is 0.405. The lowest BCUT2D eigenvalue weighted by atomic mass is 9.95. The third-order valence-electron chi connectivity index (χ3n) is 3.56. The van der Waals surface area contributed by atoms with Crippen LogP contribution in [0.15, 0.2) is 30.3 Å². The van der Waals surface area contributed by atoms with Crippen LogP contribution in [-0.4, -0.2) is 19.1 Å². The molecule has 0 amide bonds. The van der Waals surface area contributed by atoms with Gasteiger partial charge < -0.3 is 10.1 Å². The second-order valence-electron chi connectivity index (χ2n) is 5.09. The summed E-state index contributed by atoms with van der Waals surface area (Å²) in [5, 5.41) is 3.38. The first-order valence-corrected chi connectivity index (χ1v) is 6.82. The first-order valence-electron chi connectivity index (χ1n) is 6.82. The molecular weight excluding hydrogens is 248 g/mol. The van der Waals surface area contributed by atoms with Crippen LogP contribution in [0.4, 0.5) is 0 Å². The van der Waals surface area contributed by atoms with Gasteiger partial charge in [0.1, 0.15) is 5.75 Å². The van der Waals surface area contributed by atoms with Crippen molar-refractivity contribution in [3.63, 3.8) is 0 Å². The molecule has 0 radical (unpaired) electrons. The van der Waals surface area contributed by atoms with Crippen molar-refractivity contribution in [3.8, 4) is 5.75 Å². The van der Waals surface area contributed by atoms with E-state index in [4.69, 9.17) is 4.74 Å². The van der Waals surface area contributed by atoms with E-state index in [1.807, 2.05) is 20.0 Å². The maximum atomic E-state index is 5.51. The highest BCUT2D eigenvalue weighted by atomic mass is 16.5. The Kier molecular flexibility index (Phi) is 4.40. The number of nitrogens with one attached hydrogen (secondary N) is 1. The Hall–Kier alpha value is -1.87. The van der Waals surface area contributed by atoms with Gasteiger partial charge in [-0.05, 0) is 45.5 Å². The number of methoxy groups -OCH3 is 1. The molecule has 106 valence electrons. The maximum absolute atomic E-state index is 5.51. The SMILES string of the molecule is CNC(c1cc(C)ccc1OC)c1ccc(C)nc1C. The largest absolute Gasteiger partial charge is 0.496 e. The summed E-state index contributed by atoms with van der Waals surface area (Å²) in [6.45, 7) is 6.16. The molecule has 1 aromatic heterocycles. The summed E-state index contributed by atoms with van der Waals surface area (Å²) in [5.41, 5.74) is 5.63. The highest BCUT2D eigenvalue weighted by Gasteiger charge is 2.19. The standard InChI is InChI=1S/C17H22N2O/c1-11-6-9-16(20-5)15(10-11)17(18-4)14-8-7-12(2)19-13(14)3/h6-10,17-18H,1-5H3. The molecule has 20 heavy (non-hydrogen) atoms. The van der Waals surface area contributed by atoms with Crippen molar-refractivity contribution in [2.45, 2.75) is 26.8 Å². The van der Waals surface area contributed by atoms with E-state index in [9.17, 15) is 0 Å². The number of rotatable bonds is 4. The lowest BCUT2D eigenvalue weighted by Crippen LogP contribution is -2.20. The number of aryl methyl sites for hydroxylation is 3. The van der Waals surface area contributed by atoms with Crippen molar-refractivity contribution < 1.29 is 4.74 Å². The molecule has 1 atom stereocenters. The van der Waals surface area contributed by atoms with Gasteiger partial charge in [0.15, 0.2) is 0 Å². The fraction of sp³-hybridized carbons (Fsp3) is 0.353. The summed E-state index contributed by atoms with van der Waals surface area (Å²) in [6, 6.07) is 10.5. The molecule has 1 unspecified atom stereocenters. The summed E-state index contributed by atoms with van der Waals surface area (Å²) in [6.07, 6.45) is 0. The molecule has 2 rings (SSSR count). The van der Waals surface area contributed by atoms with Crippen LogP contribution in [0.25, 0.3) is 0 Å². The van der Waals surface area contributed by atoms with E-state index < -0.39 is 0 Å². The highest BCUT2D eigenvalue weighted by Crippen LogP contribution is 2.31. The molecule has 2 aromatic rings. The van der Waals surface area contributed by atoms with Crippen molar-refractivity contribution in [2.24, 2.45) is 0 Å². The van der Waals surface area contributed by atoms with Crippen molar-refractivity contribution in [3.05, 3.63) is 58.4 Å². The Morgan fingerprint density at radius 2 is 1.80 bits per heavy atom. The zero-order valence-corrected chi connectivity index (χ0v) is 12.8. The molecule has 0 aliphatic rings. The van der Waals surface area contributed by atoms with Crippen LogP contribution >= 0.6 is 0 Å². The van der Waals surface area contributed by atoms with Gasteiger partial charge >= 0.3 is 0 Å². The molecule has 1 aromatic carbocycles. The molecule has 1 N–H and O–H groups in total. The van der Waals surface area contributed by atoms with Crippen LogP contribution in [0.1, 0.15) is 34.1 Å². The van der Waals surface area contributed by atoms with Crippen LogP contribution in [0.2, 0.25) is 0 Å². The van der Waals surface area contributed by atoms with E-state index in [1.54, 1.807) is 7.11 Å². The second kappa shape index (κ2) is 6.06. The highest BCUT2D eigenvalue weighted by molar-refractivity contribution is 5.44. The summed E-state index contributed by atoms with van der Waals surface area (Å²) in [4.78, 5) is 4.57. The maximum Gasteiger partial charge on any atom is 0.124 e. The average Bonchev–Trinajstić information content (AvgIpc) is 2.42. The van der Waals surface area contributed by atoms with Crippen molar-refractivity contribution >= 4 is 0 Å². The zero-order chi connectivity index (χ0) is 14.7. The number of hydrogen-bond donors (Lipinski definition) is 1. The molecular formula is C17H22N2O. The van der Waals surface area contributed by atoms with Gasteiger partial charge in [-0.1, -0.05) is 23.8 Å². The Morgan fingerprint density at radius 1 is 1.05 bits per heavy atom. The van der Waals surface area contributed by atoms with Gasteiger partial charge in [0.05, 0.1) is 13.2 Å². The van der Waals surface area contributed by atoms with Gasteiger partial charge in [0.25, 0.3) is 0 Å². The first kappa shape index (κ1) is 14.5. The van der Waals surface area contributed by atoms with Crippen LogP contribution in [0, 0.1) is 20.8 Å². The molecule has 0 aliphatic carbocycles. The third-order valence-corrected chi connectivity index (χ3v) is 3.56. The summed E-state index contributed by atoms with van der Waals surface area (Å²) in [7, 11) is 3.67. The molecule has 0 fully saturated rings. The number of pyridine rings is 1. The Bertz CT molecular complexity index is 608. The van der Waals surface area contributed by atoms with E-state index in [0.717, 1.165) is 22.7 Å². The molecule has 0 spiro atoms. The Balaban J connectivity index is 2.54. The number of nitrogens with zero attached hydrogens (tertiary/aromatic N) is 1. The van der Waals surface area contributed by atoms with Gasteiger partial charge in [0.2, 0.25) is 0 Å². The first-order chi connectivity index (χ1) is 9.56. The quantitative estimate of drug-likeness (QED) is 0.925. The van der Waals surface area contributed by atoms with Crippen LogP contribution in [0.5, 0.6) is 5.75 Å². The van der Waals surface area contributed by atoms with Crippen LogP contribution in [-0.2, 0) is 0 Å².